The average Bonchev–Trinajstić information content (AvgIpc) is 2.79. The molecule has 96 valence electrons. The number of anilines is 1. The summed E-state index contributed by atoms with van der Waals surface area (Å²) in [5, 5.41) is 2.64. The summed E-state index contributed by atoms with van der Waals surface area (Å²) < 4.78 is 2.06. The summed E-state index contributed by atoms with van der Waals surface area (Å²) in [7, 11) is 0. The molecule has 4 heteroatoms. The van der Waals surface area contributed by atoms with E-state index in [4.69, 9.17) is 0 Å². The van der Waals surface area contributed by atoms with Crippen LogP contribution in [0, 0.1) is 6.92 Å². The molecule has 0 radical (unpaired) electrons. The molecule has 18 heavy (non-hydrogen) atoms. The molecule has 0 unspecified atom stereocenters. The number of aromatic nitrogens is 2. The first-order valence-electron chi connectivity index (χ1n) is 6.05. The molecule has 1 heterocycles. The van der Waals surface area contributed by atoms with Crippen LogP contribution in [0.15, 0.2) is 36.8 Å². The van der Waals surface area contributed by atoms with Gasteiger partial charge in [0, 0.05) is 24.1 Å². The van der Waals surface area contributed by atoms with Crippen LogP contribution in [0.1, 0.15) is 25.1 Å². The second-order valence-electron chi connectivity index (χ2n) is 3.63. The summed E-state index contributed by atoms with van der Waals surface area (Å²) in [6.45, 7) is 6.78. The van der Waals surface area contributed by atoms with Crippen molar-refractivity contribution in [1.29, 1.82) is 0 Å². The Bertz CT molecular complexity index is 491. The number of nitrogens with one attached hydrogen (secondary N) is 1. The molecule has 1 aromatic heterocycles. The van der Waals surface area contributed by atoms with Crippen LogP contribution in [-0.4, -0.2) is 16.0 Å². The van der Waals surface area contributed by atoms with Crippen LogP contribution in [0.4, 0.5) is 5.69 Å². The van der Waals surface area contributed by atoms with Gasteiger partial charge in [0.05, 0.1) is 6.33 Å². The van der Waals surface area contributed by atoms with Gasteiger partial charge < -0.3 is 9.88 Å². The molecule has 0 aliphatic rings. The van der Waals surface area contributed by atoms with Crippen LogP contribution in [0.2, 0.25) is 0 Å². The van der Waals surface area contributed by atoms with E-state index in [1.165, 1.54) is 0 Å². The van der Waals surface area contributed by atoms with Crippen molar-refractivity contribution in [1.82, 2.24) is 9.55 Å². The van der Waals surface area contributed by atoms with Crippen LogP contribution in [-0.2, 0) is 11.3 Å². The second kappa shape index (κ2) is 7.27. The zero-order valence-electron chi connectivity index (χ0n) is 11.1. The van der Waals surface area contributed by atoms with Crippen LogP contribution >= 0.6 is 0 Å². The van der Waals surface area contributed by atoms with Crippen molar-refractivity contribution < 1.29 is 4.79 Å². The van der Waals surface area contributed by atoms with Gasteiger partial charge in [-0.15, -0.1) is 0 Å². The third kappa shape index (κ3) is 3.73. The van der Waals surface area contributed by atoms with E-state index < -0.39 is 0 Å². The lowest BCUT2D eigenvalue weighted by molar-refractivity contribution is -0.105. The minimum atomic E-state index is 0.682. The number of hydrogen-bond acceptors (Lipinski definition) is 2. The van der Waals surface area contributed by atoms with Crippen LogP contribution in [0.3, 0.4) is 0 Å². The van der Waals surface area contributed by atoms with Gasteiger partial charge in [0.25, 0.3) is 0 Å². The Hall–Kier alpha value is -2.10. The number of imidazole rings is 1. The number of nitrogens with zero attached hydrogens (tertiary/aromatic N) is 2. The maximum absolute atomic E-state index is 10.3. The van der Waals surface area contributed by atoms with Gasteiger partial charge in [0.2, 0.25) is 6.41 Å². The average molecular weight is 245 g/mol. The van der Waals surface area contributed by atoms with E-state index in [2.05, 4.69) is 14.9 Å². The molecule has 0 spiro atoms. The smallest absolute Gasteiger partial charge is 0.211 e. The third-order valence-corrected chi connectivity index (χ3v) is 2.43. The van der Waals surface area contributed by atoms with Gasteiger partial charge in [-0.2, -0.15) is 0 Å². The zero-order valence-corrected chi connectivity index (χ0v) is 11.1. The molecular formula is C14H19N3O. The summed E-state index contributed by atoms with van der Waals surface area (Å²) in [6, 6.07) is 7.76. The van der Waals surface area contributed by atoms with Gasteiger partial charge in [0.1, 0.15) is 0 Å². The molecule has 1 N–H and O–H groups in total. The van der Waals surface area contributed by atoms with E-state index >= 15 is 0 Å². The SMILES string of the molecule is CC.Cc1cncn1Cc1cccc(NC=O)c1. The van der Waals surface area contributed by atoms with Crippen molar-refractivity contribution in [3.63, 3.8) is 0 Å². The van der Waals surface area contributed by atoms with Gasteiger partial charge in [0.15, 0.2) is 0 Å². The highest BCUT2D eigenvalue weighted by Gasteiger charge is 1.99. The van der Waals surface area contributed by atoms with Gasteiger partial charge >= 0.3 is 0 Å². The Morgan fingerprint density at radius 1 is 1.39 bits per heavy atom. The van der Waals surface area contributed by atoms with E-state index in [0.717, 1.165) is 23.5 Å². The largest absolute Gasteiger partial charge is 0.330 e. The molecule has 0 aliphatic heterocycles. The monoisotopic (exact) mass is 245 g/mol. The molecule has 0 aliphatic carbocycles. The van der Waals surface area contributed by atoms with E-state index in [0.29, 0.717) is 6.41 Å². The number of carbonyl (C=O) groups excluding carboxylic acids is 1. The molecule has 0 atom stereocenters. The van der Waals surface area contributed by atoms with E-state index in [9.17, 15) is 4.79 Å². The first kappa shape index (κ1) is 14.0. The molecule has 4 nitrogen and oxygen atoms in total. The number of benzene rings is 1. The summed E-state index contributed by atoms with van der Waals surface area (Å²) >= 11 is 0. The predicted octanol–water partition coefficient (Wildman–Crippen LogP) is 2.83. The van der Waals surface area contributed by atoms with E-state index in [1.54, 1.807) is 6.33 Å². The molecule has 0 saturated heterocycles. The highest BCUT2D eigenvalue weighted by Crippen LogP contribution is 2.11. The molecule has 2 rings (SSSR count). The first-order valence-corrected chi connectivity index (χ1v) is 6.05. The molecule has 2 aromatic rings. The van der Waals surface area contributed by atoms with Crippen LogP contribution in [0.5, 0.6) is 0 Å². The Balaban J connectivity index is 0.000000771. The number of rotatable bonds is 4. The fourth-order valence-electron chi connectivity index (χ4n) is 1.58. The summed E-state index contributed by atoms with van der Waals surface area (Å²) in [4.78, 5) is 14.4. The highest BCUT2D eigenvalue weighted by molar-refractivity contribution is 5.71. The minimum Gasteiger partial charge on any atom is -0.330 e. The van der Waals surface area contributed by atoms with Crippen molar-refractivity contribution >= 4 is 12.1 Å². The number of hydrogen-bond donors (Lipinski definition) is 1. The Labute approximate surface area is 108 Å². The number of aryl methyl sites for hydroxylation is 1. The molecule has 0 fully saturated rings. The molecule has 0 bridgehead atoms. The standard InChI is InChI=1S/C12H13N3O.C2H6/c1-10-6-13-8-15(10)7-11-3-2-4-12(5-11)14-9-16;1-2/h2-6,8-9H,7H2,1H3,(H,14,16);1-2H3. The maximum Gasteiger partial charge on any atom is 0.211 e. The lowest BCUT2D eigenvalue weighted by Gasteiger charge is -2.06. The lowest BCUT2D eigenvalue weighted by Crippen LogP contribution is -2.01. The first-order chi connectivity index (χ1) is 8.79. The van der Waals surface area contributed by atoms with Crippen molar-refractivity contribution in [3.8, 4) is 0 Å². The van der Waals surface area contributed by atoms with Crippen molar-refractivity contribution in [3.05, 3.63) is 48.0 Å². The summed E-state index contributed by atoms with van der Waals surface area (Å²) in [6.07, 6.45) is 4.31. The number of carbonyl (C=O) groups is 1. The fourth-order valence-corrected chi connectivity index (χ4v) is 1.58. The lowest BCUT2D eigenvalue weighted by atomic mass is 10.2. The van der Waals surface area contributed by atoms with Crippen molar-refractivity contribution in [2.24, 2.45) is 0 Å². The fraction of sp³-hybridized carbons (Fsp3) is 0.286. The third-order valence-electron chi connectivity index (χ3n) is 2.43. The summed E-state index contributed by atoms with van der Waals surface area (Å²) in [5.74, 6) is 0. The molecule has 0 saturated carbocycles. The quantitative estimate of drug-likeness (QED) is 0.842. The molecule has 1 aromatic carbocycles. The Kier molecular flexibility index (Phi) is 5.64. The van der Waals surface area contributed by atoms with Crippen molar-refractivity contribution in [2.75, 3.05) is 5.32 Å². The number of amides is 1. The maximum atomic E-state index is 10.3. The van der Waals surface area contributed by atoms with E-state index in [-0.39, 0.29) is 0 Å². The topological polar surface area (TPSA) is 46.9 Å². The van der Waals surface area contributed by atoms with Gasteiger partial charge in [-0.1, -0.05) is 26.0 Å². The Morgan fingerprint density at radius 2 is 2.17 bits per heavy atom. The second-order valence-corrected chi connectivity index (χ2v) is 3.63. The van der Waals surface area contributed by atoms with Crippen molar-refractivity contribution in [2.45, 2.75) is 27.3 Å². The normalized spacial score (nSPS) is 9.28. The van der Waals surface area contributed by atoms with E-state index in [1.807, 2.05) is 51.2 Å². The highest BCUT2D eigenvalue weighted by atomic mass is 16.1. The molecule has 1 amide bonds. The Morgan fingerprint density at radius 3 is 2.78 bits per heavy atom. The van der Waals surface area contributed by atoms with Crippen LogP contribution < -0.4 is 5.32 Å². The van der Waals surface area contributed by atoms with Crippen LogP contribution in [0.25, 0.3) is 0 Å². The molecular weight excluding hydrogens is 226 g/mol. The van der Waals surface area contributed by atoms with Gasteiger partial charge in [-0.05, 0) is 24.6 Å². The minimum absolute atomic E-state index is 0.682. The van der Waals surface area contributed by atoms with Gasteiger partial charge in [-0.25, -0.2) is 4.98 Å². The van der Waals surface area contributed by atoms with Gasteiger partial charge in [-0.3, -0.25) is 4.79 Å². The zero-order chi connectivity index (χ0) is 13.4. The summed E-state index contributed by atoms with van der Waals surface area (Å²) in [5.41, 5.74) is 3.06. The predicted molar refractivity (Wildman–Crippen MR) is 73.5 cm³/mol.